The Morgan fingerprint density at radius 3 is 2.63 bits per heavy atom. The van der Waals surface area contributed by atoms with Gasteiger partial charge in [0.2, 0.25) is 5.88 Å². The minimum Gasteiger partial charge on any atom is -0.495 e. The van der Waals surface area contributed by atoms with Crippen LogP contribution < -0.4 is 15.2 Å². The maximum Gasteiger partial charge on any atom is 0.212 e. The molecule has 5 nitrogen and oxygen atoms in total. The first-order chi connectivity index (χ1) is 9.24. The predicted octanol–water partition coefficient (Wildman–Crippen LogP) is 1.74. The van der Waals surface area contributed by atoms with Crippen LogP contribution in [0.3, 0.4) is 0 Å². The molecule has 0 bridgehead atoms. The van der Waals surface area contributed by atoms with Crippen LogP contribution in [0.2, 0.25) is 0 Å². The van der Waals surface area contributed by atoms with E-state index >= 15 is 0 Å². The molecule has 0 saturated heterocycles. The van der Waals surface area contributed by atoms with Gasteiger partial charge < -0.3 is 15.2 Å². The van der Waals surface area contributed by atoms with Crippen LogP contribution in [0.1, 0.15) is 17.3 Å². The summed E-state index contributed by atoms with van der Waals surface area (Å²) in [6.45, 7) is 0. The number of hydrogen-bond donors (Lipinski definition) is 1. The SMILES string of the molecule is COc1ccc(CC(N)c2ncccc2OC)cn1. The lowest BCUT2D eigenvalue weighted by molar-refractivity contribution is 0.397. The summed E-state index contributed by atoms with van der Waals surface area (Å²) in [5.41, 5.74) is 7.95. The predicted molar refractivity (Wildman–Crippen MR) is 72.2 cm³/mol. The lowest BCUT2D eigenvalue weighted by atomic mass is 10.0. The number of nitrogens with zero attached hydrogens (tertiary/aromatic N) is 2. The van der Waals surface area contributed by atoms with Crippen LogP contribution >= 0.6 is 0 Å². The van der Waals surface area contributed by atoms with Gasteiger partial charge in [-0.05, 0) is 24.1 Å². The Balaban J connectivity index is 2.13. The van der Waals surface area contributed by atoms with Crippen LogP contribution in [0, 0.1) is 0 Å². The Hall–Kier alpha value is -2.14. The van der Waals surface area contributed by atoms with E-state index in [4.69, 9.17) is 15.2 Å². The van der Waals surface area contributed by atoms with Gasteiger partial charge in [-0.3, -0.25) is 4.98 Å². The molecule has 2 heterocycles. The van der Waals surface area contributed by atoms with Crippen molar-refractivity contribution in [3.8, 4) is 11.6 Å². The third-order valence-corrected chi connectivity index (χ3v) is 2.83. The van der Waals surface area contributed by atoms with Gasteiger partial charge in [-0.2, -0.15) is 0 Å². The quantitative estimate of drug-likeness (QED) is 0.885. The molecule has 2 aromatic rings. The lowest BCUT2D eigenvalue weighted by Gasteiger charge is -2.14. The van der Waals surface area contributed by atoms with E-state index in [2.05, 4.69) is 9.97 Å². The van der Waals surface area contributed by atoms with E-state index in [1.165, 1.54) is 0 Å². The molecule has 0 amide bonds. The van der Waals surface area contributed by atoms with Gasteiger partial charge in [0.1, 0.15) is 5.75 Å². The monoisotopic (exact) mass is 259 g/mol. The van der Waals surface area contributed by atoms with Crippen molar-refractivity contribution in [1.82, 2.24) is 9.97 Å². The number of rotatable bonds is 5. The van der Waals surface area contributed by atoms with Crippen molar-refractivity contribution in [2.45, 2.75) is 12.5 Å². The smallest absolute Gasteiger partial charge is 0.212 e. The summed E-state index contributed by atoms with van der Waals surface area (Å²) >= 11 is 0. The Bertz CT molecular complexity index is 528. The van der Waals surface area contributed by atoms with Crippen molar-refractivity contribution in [2.24, 2.45) is 5.73 Å². The lowest BCUT2D eigenvalue weighted by Crippen LogP contribution is -2.16. The topological polar surface area (TPSA) is 70.3 Å². The summed E-state index contributed by atoms with van der Waals surface area (Å²) < 4.78 is 10.3. The summed E-state index contributed by atoms with van der Waals surface area (Å²) in [6.07, 6.45) is 4.11. The fraction of sp³-hybridized carbons (Fsp3) is 0.286. The zero-order chi connectivity index (χ0) is 13.7. The average Bonchev–Trinajstić information content (AvgIpc) is 2.48. The fourth-order valence-electron chi connectivity index (χ4n) is 1.86. The normalized spacial score (nSPS) is 11.9. The molecule has 1 unspecified atom stereocenters. The minimum atomic E-state index is -0.230. The second-order valence-corrected chi connectivity index (χ2v) is 4.11. The molecule has 0 radical (unpaired) electrons. The Labute approximate surface area is 112 Å². The number of ether oxygens (including phenoxy) is 2. The molecule has 19 heavy (non-hydrogen) atoms. The highest BCUT2D eigenvalue weighted by Gasteiger charge is 2.13. The van der Waals surface area contributed by atoms with Gasteiger partial charge in [0.25, 0.3) is 0 Å². The third kappa shape index (κ3) is 3.20. The number of aromatic nitrogens is 2. The summed E-state index contributed by atoms with van der Waals surface area (Å²) in [7, 11) is 3.20. The molecule has 0 aliphatic carbocycles. The molecule has 0 fully saturated rings. The van der Waals surface area contributed by atoms with E-state index < -0.39 is 0 Å². The Kier molecular flexibility index (Phi) is 4.30. The van der Waals surface area contributed by atoms with Crippen LogP contribution in [-0.4, -0.2) is 24.2 Å². The Morgan fingerprint density at radius 1 is 1.16 bits per heavy atom. The number of pyridine rings is 2. The molecular weight excluding hydrogens is 242 g/mol. The summed E-state index contributed by atoms with van der Waals surface area (Å²) in [5.74, 6) is 1.30. The molecule has 2 rings (SSSR count). The van der Waals surface area contributed by atoms with E-state index in [-0.39, 0.29) is 6.04 Å². The maximum atomic E-state index is 6.17. The molecule has 0 aliphatic heterocycles. The minimum absolute atomic E-state index is 0.230. The summed E-state index contributed by atoms with van der Waals surface area (Å²) in [4.78, 5) is 8.44. The fourth-order valence-corrected chi connectivity index (χ4v) is 1.86. The van der Waals surface area contributed by atoms with Gasteiger partial charge in [-0.15, -0.1) is 0 Å². The molecule has 0 aromatic carbocycles. The molecular formula is C14H17N3O2. The standard InChI is InChI=1S/C14H17N3O2/c1-18-12-4-3-7-16-14(12)11(15)8-10-5-6-13(19-2)17-9-10/h3-7,9,11H,8,15H2,1-2H3. The number of methoxy groups -OCH3 is 2. The van der Waals surface area contributed by atoms with E-state index in [9.17, 15) is 0 Å². The highest BCUT2D eigenvalue weighted by atomic mass is 16.5. The van der Waals surface area contributed by atoms with E-state index in [0.29, 0.717) is 18.1 Å². The van der Waals surface area contributed by atoms with Gasteiger partial charge in [0.15, 0.2) is 0 Å². The van der Waals surface area contributed by atoms with Gasteiger partial charge in [-0.1, -0.05) is 6.07 Å². The van der Waals surface area contributed by atoms with Crippen molar-refractivity contribution >= 4 is 0 Å². The molecule has 2 N–H and O–H groups in total. The van der Waals surface area contributed by atoms with Gasteiger partial charge in [-0.25, -0.2) is 4.98 Å². The average molecular weight is 259 g/mol. The molecule has 2 aromatic heterocycles. The van der Waals surface area contributed by atoms with Crippen molar-refractivity contribution in [3.63, 3.8) is 0 Å². The zero-order valence-electron chi connectivity index (χ0n) is 11.0. The van der Waals surface area contributed by atoms with Gasteiger partial charge in [0, 0.05) is 18.5 Å². The van der Waals surface area contributed by atoms with Crippen LogP contribution in [-0.2, 0) is 6.42 Å². The maximum absolute atomic E-state index is 6.17. The third-order valence-electron chi connectivity index (χ3n) is 2.83. The first kappa shape index (κ1) is 13.3. The van der Waals surface area contributed by atoms with Crippen LogP contribution in [0.4, 0.5) is 0 Å². The van der Waals surface area contributed by atoms with Crippen molar-refractivity contribution < 1.29 is 9.47 Å². The molecule has 100 valence electrons. The van der Waals surface area contributed by atoms with Crippen LogP contribution in [0.15, 0.2) is 36.7 Å². The van der Waals surface area contributed by atoms with Crippen molar-refractivity contribution in [3.05, 3.63) is 47.9 Å². The van der Waals surface area contributed by atoms with E-state index in [1.807, 2.05) is 24.3 Å². The largest absolute Gasteiger partial charge is 0.495 e. The highest BCUT2D eigenvalue weighted by molar-refractivity contribution is 5.31. The molecule has 0 spiro atoms. The highest BCUT2D eigenvalue weighted by Crippen LogP contribution is 2.23. The van der Waals surface area contributed by atoms with E-state index in [1.54, 1.807) is 26.6 Å². The molecule has 1 atom stereocenters. The van der Waals surface area contributed by atoms with Crippen LogP contribution in [0.5, 0.6) is 11.6 Å². The van der Waals surface area contributed by atoms with Gasteiger partial charge in [0.05, 0.1) is 26.0 Å². The van der Waals surface area contributed by atoms with Crippen LogP contribution in [0.25, 0.3) is 0 Å². The van der Waals surface area contributed by atoms with Gasteiger partial charge >= 0.3 is 0 Å². The first-order valence-electron chi connectivity index (χ1n) is 5.98. The molecule has 5 heteroatoms. The van der Waals surface area contributed by atoms with Crippen molar-refractivity contribution in [1.29, 1.82) is 0 Å². The first-order valence-corrected chi connectivity index (χ1v) is 5.98. The summed E-state index contributed by atoms with van der Waals surface area (Å²) in [5, 5.41) is 0. The molecule has 0 aliphatic rings. The number of hydrogen-bond acceptors (Lipinski definition) is 5. The second kappa shape index (κ2) is 6.15. The molecule has 0 saturated carbocycles. The number of nitrogens with two attached hydrogens (primary N) is 1. The summed E-state index contributed by atoms with van der Waals surface area (Å²) in [6, 6.07) is 7.21. The zero-order valence-corrected chi connectivity index (χ0v) is 11.0. The Morgan fingerprint density at radius 2 is 2.00 bits per heavy atom. The van der Waals surface area contributed by atoms with Crippen molar-refractivity contribution in [2.75, 3.05) is 14.2 Å². The van der Waals surface area contributed by atoms with E-state index in [0.717, 1.165) is 11.3 Å². The second-order valence-electron chi connectivity index (χ2n) is 4.11.